The van der Waals surface area contributed by atoms with Gasteiger partial charge in [-0.2, -0.15) is 0 Å². The lowest BCUT2D eigenvalue weighted by Crippen LogP contribution is -2.43. The van der Waals surface area contributed by atoms with Crippen molar-refractivity contribution < 1.29 is 27.3 Å². The van der Waals surface area contributed by atoms with E-state index in [4.69, 9.17) is 9.26 Å². The highest BCUT2D eigenvalue weighted by atomic mass is 32.2. The SMILES string of the molecule is CCCCN(C(=O)COC(=O)c1c(-c2ccccc2)noc1C)C1CCS(=O)(=O)C1. The van der Waals surface area contributed by atoms with E-state index in [0.717, 1.165) is 12.8 Å². The molecule has 162 valence electrons. The Labute approximate surface area is 176 Å². The average Bonchev–Trinajstić information content (AvgIpc) is 3.29. The highest BCUT2D eigenvalue weighted by Crippen LogP contribution is 2.26. The van der Waals surface area contributed by atoms with E-state index in [0.29, 0.717) is 30.0 Å². The molecule has 1 aromatic carbocycles. The second-order valence-electron chi connectivity index (χ2n) is 7.40. The van der Waals surface area contributed by atoms with Gasteiger partial charge in [0, 0.05) is 18.2 Å². The maximum absolute atomic E-state index is 12.8. The number of unbranched alkanes of at least 4 members (excludes halogenated alkanes) is 1. The van der Waals surface area contributed by atoms with Gasteiger partial charge < -0.3 is 14.2 Å². The zero-order chi connectivity index (χ0) is 21.7. The van der Waals surface area contributed by atoms with Crippen molar-refractivity contribution in [3.05, 3.63) is 41.7 Å². The Morgan fingerprint density at radius 2 is 2.00 bits per heavy atom. The maximum Gasteiger partial charge on any atom is 0.344 e. The van der Waals surface area contributed by atoms with Gasteiger partial charge in [0.15, 0.2) is 16.4 Å². The number of nitrogens with zero attached hydrogens (tertiary/aromatic N) is 2. The number of aromatic nitrogens is 1. The van der Waals surface area contributed by atoms with Crippen LogP contribution in [0.25, 0.3) is 11.3 Å². The molecule has 0 saturated carbocycles. The summed E-state index contributed by atoms with van der Waals surface area (Å²) < 4.78 is 34.1. The third kappa shape index (κ3) is 5.08. The number of hydrogen-bond donors (Lipinski definition) is 0. The highest BCUT2D eigenvalue weighted by Gasteiger charge is 2.35. The van der Waals surface area contributed by atoms with E-state index in [9.17, 15) is 18.0 Å². The zero-order valence-corrected chi connectivity index (χ0v) is 18.0. The number of benzene rings is 1. The van der Waals surface area contributed by atoms with E-state index in [1.807, 2.05) is 25.1 Å². The van der Waals surface area contributed by atoms with Gasteiger partial charge in [0.2, 0.25) is 0 Å². The second kappa shape index (κ2) is 9.42. The molecule has 1 unspecified atom stereocenters. The number of esters is 1. The van der Waals surface area contributed by atoms with Crippen molar-refractivity contribution >= 4 is 21.7 Å². The molecule has 3 rings (SSSR count). The first kappa shape index (κ1) is 22.0. The monoisotopic (exact) mass is 434 g/mol. The van der Waals surface area contributed by atoms with Gasteiger partial charge in [-0.25, -0.2) is 13.2 Å². The summed E-state index contributed by atoms with van der Waals surface area (Å²) in [5.74, 6) is -0.756. The number of ether oxygens (including phenoxy) is 1. The standard InChI is InChI=1S/C21H26N2O6S/c1-3-4-11-23(17-10-12-30(26,27)14-17)18(24)13-28-21(25)19-15(2)29-22-20(19)16-8-6-5-7-9-16/h5-9,17H,3-4,10-14H2,1-2H3. The van der Waals surface area contributed by atoms with Crippen molar-refractivity contribution in [2.45, 2.75) is 39.2 Å². The molecule has 1 saturated heterocycles. The number of carbonyl (C=O) groups excluding carboxylic acids is 2. The molecule has 0 spiro atoms. The van der Waals surface area contributed by atoms with Crippen molar-refractivity contribution in [2.75, 3.05) is 24.7 Å². The van der Waals surface area contributed by atoms with Crippen molar-refractivity contribution in [3.63, 3.8) is 0 Å². The van der Waals surface area contributed by atoms with Crippen LogP contribution in [-0.2, 0) is 19.4 Å². The minimum Gasteiger partial charge on any atom is -0.452 e. The molecule has 2 aromatic rings. The lowest BCUT2D eigenvalue weighted by atomic mass is 10.1. The largest absolute Gasteiger partial charge is 0.452 e. The summed E-state index contributed by atoms with van der Waals surface area (Å²) in [5, 5.41) is 3.95. The molecule has 2 heterocycles. The molecule has 1 aromatic heterocycles. The normalized spacial score (nSPS) is 17.6. The van der Waals surface area contributed by atoms with Gasteiger partial charge >= 0.3 is 5.97 Å². The van der Waals surface area contributed by atoms with Crippen LogP contribution in [0.4, 0.5) is 0 Å². The van der Waals surface area contributed by atoms with Gasteiger partial charge in [0.05, 0.1) is 11.5 Å². The predicted molar refractivity (Wildman–Crippen MR) is 111 cm³/mol. The van der Waals surface area contributed by atoms with Crippen LogP contribution in [0.2, 0.25) is 0 Å². The van der Waals surface area contributed by atoms with E-state index in [2.05, 4.69) is 5.16 Å². The third-order valence-corrected chi connectivity index (χ3v) is 6.91. The highest BCUT2D eigenvalue weighted by molar-refractivity contribution is 7.91. The molecular formula is C21H26N2O6S. The first-order valence-corrected chi connectivity index (χ1v) is 11.8. The maximum atomic E-state index is 12.8. The molecular weight excluding hydrogens is 408 g/mol. The summed E-state index contributed by atoms with van der Waals surface area (Å²) in [7, 11) is -3.13. The molecule has 1 atom stereocenters. The number of rotatable bonds is 8. The molecule has 1 amide bonds. The lowest BCUT2D eigenvalue weighted by molar-refractivity contribution is -0.136. The van der Waals surface area contributed by atoms with Crippen molar-refractivity contribution in [2.24, 2.45) is 0 Å². The van der Waals surface area contributed by atoms with Gasteiger partial charge in [0.25, 0.3) is 5.91 Å². The van der Waals surface area contributed by atoms with Crippen LogP contribution in [0.5, 0.6) is 0 Å². The van der Waals surface area contributed by atoms with Crippen LogP contribution in [0.1, 0.15) is 42.3 Å². The first-order valence-electron chi connectivity index (χ1n) is 10.0. The average molecular weight is 435 g/mol. The lowest BCUT2D eigenvalue weighted by Gasteiger charge is -2.28. The molecule has 0 aliphatic carbocycles. The fraction of sp³-hybridized carbons (Fsp3) is 0.476. The Kier molecular flexibility index (Phi) is 6.91. The topological polar surface area (TPSA) is 107 Å². The Morgan fingerprint density at radius 1 is 1.27 bits per heavy atom. The van der Waals surface area contributed by atoms with Crippen molar-refractivity contribution in [1.29, 1.82) is 0 Å². The first-order chi connectivity index (χ1) is 14.3. The van der Waals surface area contributed by atoms with Gasteiger partial charge in [-0.3, -0.25) is 4.79 Å². The predicted octanol–water partition coefficient (Wildman–Crippen LogP) is 2.62. The van der Waals surface area contributed by atoms with Gasteiger partial charge in [-0.1, -0.05) is 48.8 Å². The summed E-state index contributed by atoms with van der Waals surface area (Å²) in [6.07, 6.45) is 2.02. The number of carbonyl (C=O) groups is 2. The molecule has 1 aliphatic heterocycles. The smallest absolute Gasteiger partial charge is 0.344 e. The van der Waals surface area contributed by atoms with Crippen LogP contribution in [0.15, 0.2) is 34.9 Å². The Hall–Kier alpha value is -2.68. The summed E-state index contributed by atoms with van der Waals surface area (Å²) in [6, 6.07) is 8.71. The summed E-state index contributed by atoms with van der Waals surface area (Å²) in [6.45, 7) is 3.58. The molecule has 0 N–H and O–H groups in total. The molecule has 30 heavy (non-hydrogen) atoms. The quantitative estimate of drug-likeness (QED) is 0.588. The van der Waals surface area contributed by atoms with E-state index in [1.165, 1.54) is 0 Å². The van der Waals surface area contributed by atoms with E-state index >= 15 is 0 Å². The third-order valence-electron chi connectivity index (χ3n) is 5.16. The zero-order valence-electron chi connectivity index (χ0n) is 17.2. The van der Waals surface area contributed by atoms with Gasteiger partial charge in [0.1, 0.15) is 17.0 Å². The Balaban J connectivity index is 1.70. The van der Waals surface area contributed by atoms with Gasteiger partial charge in [-0.05, 0) is 19.8 Å². The molecule has 9 heteroatoms. The van der Waals surface area contributed by atoms with E-state index < -0.39 is 28.3 Å². The number of amides is 1. The molecule has 8 nitrogen and oxygen atoms in total. The van der Waals surface area contributed by atoms with E-state index in [-0.39, 0.29) is 23.1 Å². The Bertz CT molecular complexity index is 1000. The van der Waals surface area contributed by atoms with Crippen LogP contribution in [0.3, 0.4) is 0 Å². The van der Waals surface area contributed by atoms with E-state index in [1.54, 1.807) is 24.0 Å². The second-order valence-corrected chi connectivity index (χ2v) is 9.63. The molecule has 1 aliphatic rings. The molecule has 0 bridgehead atoms. The van der Waals surface area contributed by atoms with Crippen LogP contribution >= 0.6 is 0 Å². The fourth-order valence-electron chi connectivity index (χ4n) is 3.55. The minimum absolute atomic E-state index is 0.0423. The molecule has 1 fully saturated rings. The minimum atomic E-state index is -3.13. The molecule has 0 radical (unpaired) electrons. The number of aryl methyl sites for hydroxylation is 1. The van der Waals surface area contributed by atoms with Crippen LogP contribution in [0, 0.1) is 6.92 Å². The Morgan fingerprint density at radius 3 is 2.63 bits per heavy atom. The van der Waals surface area contributed by atoms with Crippen molar-refractivity contribution in [3.8, 4) is 11.3 Å². The summed E-state index contributed by atoms with van der Waals surface area (Å²) in [4.78, 5) is 27.0. The number of hydrogen-bond acceptors (Lipinski definition) is 7. The fourth-order valence-corrected chi connectivity index (χ4v) is 5.28. The van der Waals surface area contributed by atoms with Crippen LogP contribution in [-0.4, -0.2) is 61.1 Å². The van der Waals surface area contributed by atoms with Crippen LogP contribution < -0.4 is 0 Å². The summed E-state index contributed by atoms with van der Waals surface area (Å²) >= 11 is 0. The van der Waals surface area contributed by atoms with Crippen molar-refractivity contribution in [1.82, 2.24) is 10.1 Å². The van der Waals surface area contributed by atoms with Gasteiger partial charge in [-0.15, -0.1) is 0 Å². The summed E-state index contributed by atoms with van der Waals surface area (Å²) in [5.41, 5.74) is 1.24. The number of sulfone groups is 1.